The maximum atomic E-state index is 9.89. The van der Waals surface area contributed by atoms with E-state index in [9.17, 15) is 5.11 Å². The second kappa shape index (κ2) is 5.16. The Hall–Kier alpha value is -1.26. The fraction of sp³-hybridized carbons (Fsp3) is 0.571. The Kier molecular flexibility index (Phi) is 3.78. The molecule has 100 valence electrons. The third-order valence-electron chi connectivity index (χ3n) is 3.46. The van der Waals surface area contributed by atoms with Crippen molar-refractivity contribution in [3.8, 4) is 0 Å². The molecule has 0 radical (unpaired) electrons. The number of aliphatic hydroxyl groups excluding tert-OH is 1. The molecule has 2 atom stereocenters. The number of anilines is 2. The van der Waals surface area contributed by atoms with Crippen LogP contribution in [0, 0.1) is 6.92 Å². The lowest BCUT2D eigenvalue weighted by Gasteiger charge is -2.29. The molecular weight excluding hydrogens is 226 g/mol. The zero-order chi connectivity index (χ0) is 13.3. The highest BCUT2D eigenvalue weighted by Gasteiger charge is 2.32. The van der Waals surface area contributed by atoms with Crippen LogP contribution < -0.4 is 10.6 Å². The minimum atomic E-state index is -0.254. The number of nitrogens with zero attached hydrogens (tertiary/aromatic N) is 2. The lowest BCUT2D eigenvalue weighted by molar-refractivity contribution is 0.191. The van der Waals surface area contributed by atoms with Crippen LogP contribution in [-0.2, 0) is 0 Å². The molecule has 0 aromatic heterocycles. The number of nitrogens with two attached hydrogens (primary N) is 1. The van der Waals surface area contributed by atoms with Gasteiger partial charge < -0.3 is 20.6 Å². The molecule has 18 heavy (non-hydrogen) atoms. The van der Waals surface area contributed by atoms with Crippen molar-refractivity contribution in [3.63, 3.8) is 0 Å². The quantitative estimate of drug-likeness (QED) is 0.787. The van der Waals surface area contributed by atoms with E-state index in [1.54, 1.807) is 0 Å². The number of aliphatic hydroxyl groups is 1. The normalized spacial score (nSPS) is 23.9. The summed E-state index contributed by atoms with van der Waals surface area (Å²) < 4.78 is 0. The highest BCUT2D eigenvalue weighted by molar-refractivity contribution is 5.69. The molecule has 4 nitrogen and oxygen atoms in total. The molecule has 3 N–H and O–H groups in total. The van der Waals surface area contributed by atoms with Crippen molar-refractivity contribution in [2.75, 3.05) is 37.8 Å². The minimum absolute atomic E-state index is 0.254. The molecule has 1 aromatic carbocycles. The second-order valence-corrected chi connectivity index (χ2v) is 5.52. The summed E-state index contributed by atoms with van der Waals surface area (Å²) in [5.74, 6) is 0. The maximum Gasteiger partial charge on any atom is 0.0735 e. The van der Waals surface area contributed by atoms with Crippen LogP contribution in [0.4, 0.5) is 11.4 Å². The number of nitrogen functional groups attached to an aromatic ring is 1. The maximum absolute atomic E-state index is 9.89. The molecule has 1 heterocycles. The van der Waals surface area contributed by atoms with E-state index in [4.69, 9.17) is 5.73 Å². The summed E-state index contributed by atoms with van der Waals surface area (Å²) in [6.45, 7) is 3.65. The topological polar surface area (TPSA) is 52.7 Å². The van der Waals surface area contributed by atoms with Gasteiger partial charge in [0.25, 0.3) is 0 Å². The van der Waals surface area contributed by atoms with Crippen molar-refractivity contribution in [2.24, 2.45) is 0 Å². The van der Waals surface area contributed by atoms with Gasteiger partial charge >= 0.3 is 0 Å². The highest BCUT2D eigenvalue weighted by Crippen LogP contribution is 2.31. The Bertz CT molecular complexity index is 420. The Morgan fingerprint density at radius 3 is 2.78 bits per heavy atom. The molecule has 1 aliphatic heterocycles. The van der Waals surface area contributed by atoms with Gasteiger partial charge in [0.2, 0.25) is 0 Å². The van der Waals surface area contributed by atoms with E-state index >= 15 is 0 Å². The molecule has 1 fully saturated rings. The SMILES string of the molecule is Cc1ccc(N2CC(O)CC2CN(C)C)c(N)c1. The predicted molar refractivity (Wildman–Crippen MR) is 75.9 cm³/mol. The number of likely N-dealkylation sites (N-methyl/N-ethyl adjacent to an activating group) is 1. The van der Waals surface area contributed by atoms with Gasteiger partial charge in [-0.3, -0.25) is 0 Å². The first-order valence-corrected chi connectivity index (χ1v) is 6.43. The van der Waals surface area contributed by atoms with Crippen molar-refractivity contribution in [1.29, 1.82) is 0 Å². The zero-order valence-electron chi connectivity index (χ0n) is 11.4. The van der Waals surface area contributed by atoms with Gasteiger partial charge in [-0.15, -0.1) is 0 Å². The first-order valence-electron chi connectivity index (χ1n) is 6.43. The van der Waals surface area contributed by atoms with Crippen molar-refractivity contribution in [1.82, 2.24) is 4.90 Å². The molecule has 1 saturated heterocycles. The molecule has 0 amide bonds. The van der Waals surface area contributed by atoms with Gasteiger partial charge in [-0.05, 0) is 45.1 Å². The van der Waals surface area contributed by atoms with Crippen LogP contribution in [0.2, 0.25) is 0 Å². The number of hydrogen-bond donors (Lipinski definition) is 2. The van der Waals surface area contributed by atoms with Gasteiger partial charge in [0.15, 0.2) is 0 Å². The van der Waals surface area contributed by atoms with Crippen LogP contribution in [0.1, 0.15) is 12.0 Å². The van der Waals surface area contributed by atoms with Crippen molar-refractivity contribution >= 4 is 11.4 Å². The smallest absolute Gasteiger partial charge is 0.0735 e. The summed E-state index contributed by atoms with van der Waals surface area (Å²) in [7, 11) is 4.11. The Morgan fingerprint density at radius 1 is 1.44 bits per heavy atom. The molecule has 0 aliphatic carbocycles. The van der Waals surface area contributed by atoms with E-state index in [0.717, 1.165) is 24.3 Å². The monoisotopic (exact) mass is 249 g/mol. The highest BCUT2D eigenvalue weighted by atomic mass is 16.3. The summed E-state index contributed by atoms with van der Waals surface area (Å²) in [5.41, 5.74) is 9.11. The molecule has 2 unspecified atom stereocenters. The number of hydrogen-bond acceptors (Lipinski definition) is 4. The Morgan fingerprint density at radius 2 is 2.17 bits per heavy atom. The molecule has 4 heteroatoms. The lowest BCUT2D eigenvalue weighted by atomic mass is 10.1. The van der Waals surface area contributed by atoms with Crippen molar-refractivity contribution in [3.05, 3.63) is 23.8 Å². The van der Waals surface area contributed by atoms with E-state index in [1.165, 1.54) is 5.56 Å². The summed E-state index contributed by atoms with van der Waals surface area (Å²) in [5, 5.41) is 9.89. The van der Waals surface area contributed by atoms with E-state index in [0.29, 0.717) is 12.6 Å². The second-order valence-electron chi connectivity index (χ2n) is 5.52. The van der Waals surface area contributed by atoms with Crippen LogP contribution in [0.3, 0.4) is 0 Å². The summed E-state index contributed by atoms with van der Waals surface area (Å²) in [4.78, 5) is 4.39. The van der Waals surface area contributed by atoms with Crippen molar-refractivity contribution in [2.45, 2.75) is 25.5 Å². The third-order valence-corrected chi connectivity index (χ3v) is 3.46. The summed E-state index contributed by atoms with van der Waals surface area (Å²) in [6.07, 6.45) is 0.557. The fourth-order valence-electron chi connectivity index (χ4n) is 2.72. The van der Waals surface area contributed by atoms with Gasteiger partial charge in [0, 0.05) is 19.1 Å². The first kappa shape index (κ1) is 13.2. The standard InChI is InChI=1S/C14H23N3O/c1-10-4-5-14(13(15)6-10)17-9-12(18)7-11(17)8-16(2)3/h4-6,11-12,18H,7-9,15H2,1-3H3. The van der Waals surface area contributed by atoms with E-state index in [2.05, 4.69) is 36.0 Å². The summed E-state index contributed by atoms with van der Waals surface area (Å²) in [6, 6.07) is 6.46. The number of β-amino-alcohol motifs (C(OH)–C–C–N with tert-alkyl or cyclic N) is 1. The molecule has 1 aromatic rings. The molecule has 0 saturated carbocycles. The van der Waals surface area contributed by atoms with Crippen LogP contribution in [0.25, 0.3) is 0 Å². The number of benzene rings is 1. The minimum Gasteiger partial charge on any atom is -0.397 e. The van der Waals surface area contributed by atoms with Crippen molar-refractivity contribution < 1.29 is 5.11 Å². The third kappa shape index (κ3) is 2.76. The molecular formula is C14H23N3O. The first-order chi connectivity index (χ1) is 8.47. The van der Waals surface area contributed by atoms with Gasteiger partial charge in [-0.25, -0.2) is 0 Å². The van der Waals surface area contributed by atoms with E-state index in [-0.39, 0.29) is 6.10 Å². The summed E-state index contributed by atoms with van der Waals surface area (Å²) >= 11 is 0. The number of aryl methyl sites for hydroxylation is 1. The van der Waals surface area contributed by atoms with Gasteiger partial charge in [0.05, 0.1) is 17.5 Å². The predicted octanol–water partition coefficient (Wildman–Crippen LogP) is 1.08. The molecule has 0 spiro atoms. The van der Waals surface area contributed by atoms with Crippen LogP contribution in [0.15, 0.2) is 18.2 Å². The average Bonchev–Trinajstić information content (AvgIpc) is 2.58. The van der Waals surface area contributed by atoms with Gasteiger partial charge in [-0.1, -0.05) is 6.07 Å². The molecule has 1 aliphatic rings. The molecule has 2 rings (SSSR count). The largest absolute Gasteiger partial charge is 0.397 e. The fourth-order valence-corrected chi connectivity index (χ4v) is 2.72. The number of rotatable bonds is 3. The van der Waals surface area contributed by atoms with E-state index in [1.807, 2.05) is 13.0 Å². The average molecular weight is 249 g/mol. The van der Waals surface area contributed by atoms with Gasteiger partial charge in [0.1, 0.15) is 0 Å². The van der Waals surface area contributed by atoms with Crippen LogP contribution in [0.5, 0.6) is 0 Å². The Labute approximate surface area is 109 Å². The molecule has 0 bridgehead atoms. The van der Waals surface area contributed by atoms with Gasteiger partial charge in [-0.2, -0.15) is 0 Å². The zero-order valence-corrected chi connectivity index (χ0v) is 11.4. The van der Waals surface area contributed by atoms with E-state index < -0.39 is 0 Å². The Balaban J connectivity index is 2.24. The lowest BCUT2D eigenvalue weighted by Crippen LogP contribution is -2.37. The van der Waals surface area contributed by atoms with Crippen LogP contribution in [-0.4, -0.2) is 49.3 Å². The van der Waals surface area contributed by atoms with Crippen LogP contribution >= 0.6 is 0 Å².